The molecular weight excluding hydrogens is 326 g/mol. The van der Waals surface area contributed by atoms with Crippen LogP contribution in [0.25, 0.3) is 0 Å². The lowest BCUT2D eigenvalue weighted by molar-refractivity contribution is -0.136. The summed E-state index contributed by atoms with van der Waals surface area (Å²) in [4.78, 5) is 25.2. The second-order valence-corrected chi connectivity index (χ2v) is 8.69. The first-order chi connectivity index (χ1) is 11.4. The van der Waals surface area contributed by atoms with Crippen molar-refractivity contribution in [3.05, 3.63) is 29.8 Å². The molecule has 1 amide bonds. The van der Waals surface area contributed by atoms with Crippen molar-refractivity contribution in [3.63, 3.8) is 0 Å². The minimum Gasteiger partial charge on any atom is -0.299 e. The van der Waals surface area contributed by atoms with Crippen LogP contribution in [-0.4, -0.2) is 31.0 Å². The first-order valence-corrected chi connectivity index (χ1v) is 9.96. The van der Waals surface area contributed by atoms with Gasteiger partial charge in [-0.2, -0.15) is 0 Å². The Morgan fingerprint density at radius 1 is 1.21 bits per heavy atom. The minimum atomic E-state index is -3.85. The first kappa shape index (κ1) is 17.1. The van der Waals surface area contributed by atoms with E-state index < -0.39 is 21.8 Å². The van der Waals surface area contributed by atoms with Gasteiger partial charge in [0, 0.05) is 18.9 Å². The number of carbonyl (C=O) groups is 2. The van der Waals surface area contributed by atoms with Crippen LogP contribution in [0.1, 0.15) is 38.2 Å². The summed E-state index contributed by atoms with van der Waals surface area (Å²) in [5.41, 5.74) is 0.962. The topological polar surface area (TPSA) is 71.5 Å². The third-order valence-corrected chi connectivity index (χ3v) is 7.11. The van der Waals surface area contributed by atoms with E-state index in [1.807, 2.05) is 6.92 Å². The molecule has 130 valence electrons. The van der Waals surface area contributed by atoms with Crippen molar-refractivity contribution < 1.29 is 18.0 Å². The van der Waals surface area contributed by atoms with Crippen molar-refractivity contribution >= 4 is 21.7 Å². The molecule has 3 rings (SSSR count). The van der Waals surface area contributed by atoms with Crippen LogP contribution in [0.4, 0.5) is 0 Å². The largest absolute Gasteiger partial charge is 0.299 e. The van der Waals surface area contributed by atoms with Crippen molar-refractivity contribution in [2.75, 3.05) is 6.54 Å². The summed E-state index contributed by atoms with van der Waals surface area (Å²) in [5.74, 6) is -1.14. The summed E-state index contributed by atoms with van der Waals surface area (Å²) in [7, 11) is -3.85. The summed E-state index contributed by atoms with van der Waals surface area (Å²) >= 11 is 0. The van der Waals surface area contributed by atoms with Crippen LogP contribution in [0.2, 0.25) is 0 Å². The lowest BCUT2D eigenvalue weighted by Gasteiger charge is -2.30. The van der Waals surface area contributed by atoms with Crippen molar-refractivity contribution in [2.24, 2.45) is 17.8 Å². The Morgan fingerprint density at radius 2 is 1.88 bits per heavy atom. The Kier molecular flexibility index (Phi) is 4.51. The van der Waals surface area contributed by atoms with Crippen LogP contribution in [-0.2, 0) is 19.6 Å². The molecule has 0 radical (unpaired) electrons. The number of ketones is 1. The number of rotatable bonds is 4. The number of benzene rings is 1. The molecule has 0 N–H and O–H groups in total. The van der Waals surface area contributed by atoms with Crippen LogP contribution < -0.4 is 0 Å². The van der Waals surface area contributed by atoms with E-state index in [2.05, 4.69) is 0 Å². The number of hydrogen-bond acceptors (Lipinski definition) is 4. The van der Waals surface area contributed by atoms with Crippen LogP contribution in [0.3, 0.4) is 0 Å². The van der Waals surface area contributed by atoms with Gasteiger partial charge >= 0.3 is 0 Å². The summed E-state index contributed by atoms with van der Waals surface area (Å²) in [5, 5.41) is 0. The minimum absolute atomic E-state index is 0.0352. The highest BCUT2D eigenvalue weighted by Crippen LogP contribution is 2.43. The van der Waals surface area contributed by atoms with Crippen molar-refractivity contribution in [3.8, 4) is 0 Å². The van der Waals surface area contributed by atoms with Gasteiger partial charge in [0.2, 0.25) is 5.91 Å². The van der Waals surface area contributed by atoms with E-state index in [-0.39, 0.29) is 29.1 Å². The highest BCUT2D eigenvalue weighted by molar-refractivity contribution is 7.89. The average Bonchev–Trinajstić information content (AvgIpc) is 2.92. The van der Waals surface area contributed by atoms with Gasteiger partial charge in [-0.05, 0) is 37.8 Å². The molecule has 2 aliphatic rings. The Labute approximate surface area is 143 Å². The first-order valence-electron chi connectivity index (χ1n) is 8.52. The van der Waals surface area contributed by atoms with Crippen LogP contribution >= 0.6 is 0 Å². The third kappa shape index (κ3) is 2.77. The summed E-state index contributed by atoms with van der Waals surface area (Å²) in [6.45, 7) is 3.88. The van der Waals surface area contributed by atoms with Gasteiger partial charge in [0.25, 0.3) is 10.0 Å². The summed E-state index contributed by atoms with van der Waals surface area (Å²) in [6, 6.07) is 6.52. The van der Waals surface area contributed by atoms with Crippen LogP contribution in [0, 0.1) is 24.7 Å². The van der Waals surface area contributed by atoms with Crippen molar-refractivity contribution in [1.82, 2.24) is 4.31 Å². The standard InChI is InChI=1S/C18H23NO4S/c1-3-16(20)15-6-4-5-13-11-19(18(21)17(13)15)24(22,23)14-9-7-12(2)8-10-14/h7-10,13,15,17H,3-6,11H2,1-2H3/t13-,15+,17+/m0/s1. The third-order valence-electron chi connectivity index (χ3n) is 5.33. The van der Waals surface area contributed by atoms with E-state index in [0.717, 1.165) is 22.7 Å². The molecule has 1 heterocycles. The molecule has 0 aromatic heterocycles. The molecule has 5 nitrogen and oxygen atoms in total. The molecule has 0 unspecified atom stereocenters. The quantitative estimate of drug-likeness (QED) is 0.837. The number of amides is 1. The number of Topliss-reactive ketones (excluding diaryl/α,β-unsaturated/α-hetero) is 1. The fourth-order valence-electron chi connectivity index (χ4n) is 4.01. The van der Waals surface area contributed by atoms with E-state index in [9.17, 15) is 18.0 Å². The molecule has 1 aromatic rings. The number of hydrogen-bond donors (Lipinski definition) is 0. The molecular formula is C18H23NO4S. The fourth-order valence-corrected chi connectivity index (χ4v) is 5.49. The molecule has 1 aromatic carbocycles. The molecule has 0 bridgehead atoms. The highest BCUT2D eigenvalue weighted by Gasteiger charge is 2.51. The zero-order valence-corrected chi connectivity index (χ0v) is 14.9. The Bertz CT molecular complexity index is 754. The number of carbonyl (C=O) groups excluding carboxylic acids is 2. The van der Waals surface area contributed by atoms with Gasteiger partial charge in [-0.25, -0.2) is 12.7 Å². The lowest BCUT2D eigenvalue weighted by atomic mass is 9.71. The van der Waals surface area contributed by atoms with Crippen LogP contribution in [0.15, 0.2) is 29.2 Å². The van der Waals surface area contributed by atoms with Gasteiger partial charge < -0.3 is 0 Å². The number of fused-ring (bicyclic) bond motifs is 1. The second-order valence-electron chi connectivity index (χ2n) is 6.83. The molecule has 3 atom stereocenters. The number of nitrogens with zero attached hydrogens (tertiary/aromatic N) is 1. The second kappa shape index (κ2) is 6.31. The maximum absolute atomic E-state index is 12.9. The van der Waals surface area contributed by atoms with Crippen LogP contribution in [0.5, 0.6) is 0 Å². The monoisotopic (exact) mass is 349 g/mol. The smallest absolute Gasteiger partial charge is 0.266 e. The summed E-state index contributed by atoms with van der Waals surface area (Å²) < 4.78 is 26.7. The normalized spacial score (nSPS) is 27.2. The van der Waals surface area contributed by atoms with Gasteiger partial charge in [0.15, 0.2) is 0 Å². The molecule has 24 heavy (non-hydrogen) atoms. The number of aryl methyl sites for hydroxylation is 1. The van der Waals surface area contributed by atoms with E-state index in [0.29, 0.717) is 12.8 Å². The average molecular weight is 349 g/mol. The molecule has 6 heteroatoms. The lowest BCUT2D eigenvalue weighted by Crippen LogP contribution is -2.38. The Hall–Kier alpha value is -1.69. The molecule has 1 aliphatic heterocycles. The molecule has 1 saturated carbocycles. The number of sulfonamides is 1. The zero-order valence-electron chi connectivity index (χ0n) is 14.1. The summed E-state index contributed by atoms with van der Waals surface area (Å²) in [6.07, 6.45) is 2.77. The highest BCUT2D eigenvalue weighted by atomic mass is 32.2. The van der Waals surface area contributed by atoms with E-state index >= 15 is 0 Å². The van der Waals surface area contributed by atoms with Gasteiger partial charge in [0.05, 0.1) is 10.8 Å². The van der Waals surface area contributed by atoms with Gasteiger partial charge in [-0.3, -0.25) is 9.59 Å². The van der Waals surface area contributed by atoms with Gasteiger partial charge in [-0.15, -0.1) is 0 Å². The SMILES string of the molecule is CCC(=O)[C@H]1CCC[C@H]2CN(S(=O)(=O)c3ccc(C)cc3)C(=O)[C@H]21. The molecule has 1 saturated heterocycles. The van der Waals surface area contributed by atoms with E-state index in [1.165, 1.54) is 12.1 Å². The predicted molar refractivity (Wildman–Crippen MR) is 89.7 cm³/mol. The van der Waals surface area contributed by atoms with Gasteiger partial charge in [0.1, 0.15) is 5.78 Å². The maximum Gasteiger partial charge on any atom is 0.266 e. The predicted octanol–water partition coefficient (Wildman–Crippen LogP) is 2.54. The maximum atomic E-state index is 12.9. The van der Waals surface area contributed by atoms with Gasteiger partial charge in [-0.1, -0.05) is 31.0 Å². The van der Waals surface area contributed by atoms with Crippen molar-refractivity contribution in [2.45, 2.75) is 44.4 Å². The van der Waals surface area contributed by atoms with E-state index in [4.69, 9.17) is 0 Å². The molecule has 0 spiro atoms. The Balaban J connectivity index is 1.92. The molecule has 2 fully saturated rings. The zero-order chi connectivity index (χ0) is 17.5. The Morgan fingerprint density at radius 3 is 2.50 bits per heavy atom. The fraction of sp³-hybridized carbons (Fsp3) is 0.556. The molecule has 1 aliphatic carbocycles. The van der Waals surface area contributed by atoms with Crippen molar-refractivity contribution in [1.29, 1.82) is 0 Å². The van der Waals surface area contributed by atoms with E-state index in [1.54, 1.807) is 19.1 Å².